The topological polar surface area (TPSA) is 47.6 Å². The summed E-state index contributed by atoms with van der Waals surface area (Å²) in [5.74, 6) is 1.65. The second-order valence-corrected chi connectivity index (χ2v) is 6.32. The fourth-order valence-corrected chi connectivity index (χ4v) is 3.68. The number of halogens is 1. The van der Waals surface area contributed by atoms with Gasteiger partial charge in [0.25, 0.3) is 0 Å². The maximum atomic E-state index is 12.5. The molecule has 0 spiro atoms. The van der Waals surface area contributed by atoms with Crippen LogP contribution in [0.3, 0.4) is 0 Å². The smallest absolute Gasteiger partial charge is 0.180 e. The highest BCUT2D eigenvalue weighted by atomic mass is 79.9. The molecule has 3 rings (SSSR count). The molecule has 0 fully saturated rings. The van der Waals surface area contributed by atoms with Crippen LogP contribution in [-0.4, -0.2) is 31.6 Å². The van der Waals surface area contributed by atoms with Gasteiger partial charge in [0.2, 0.25) is 0 Å². The fraction of sp³-hybridized carbons (Fsp3) is 0.533. The Bertz CT molecular complexity index is 546. The Kier molecular flexibility index (Phi) is 3.50. The maximum absolute atomic E-state index is 12.5. The molecule has 2 heterocycles. The maximum Gasteiger partial charge on any atom is 0.180 e. The Morgan fingerprint density at radius 3 is 2.45 bits per heavy atom. The van der Waals surface area contributed by atoms with Gasteiger partial charge in [-0.15, -0.1) is 0 Å². The van der Waals surface area contributed by atoms with E-state index in [0.717, 1.165) is 39.9 Å². The number of ether oxygens (including phenoxy) is 2. The van der Waals surface area contributed by atoms with Gasteiger partial charge in [-0.3, -0.25) is 4.79 Å². The molecule has 2 unspecified atom stereocenters. The molecule has 0 aliphatic carbocycles. The Morgan fingerprint density at radius 2 is 1.80 bits per heavy atom. The average molecular weight is 340 g/mol. The number of carbonyl (C=O) groups is 1. The molecule has 20 heavy (non-hydrogen) atoms. The zero-order valence-electron chi connectivity index (χ0n) is 11.9. The highest BCUT2D eigenvalue weighted by Crippen LogP contribution is 2.49. The van der Waals surface area contributed by atoms with Gasteiger partial charge in [-0.1, -0.05) is 0 Å². The SMILES string of the molecule is CNCC(=O)c1c2c(c(Br)c3c1OC(C)C3)OC(C)C2. The molecule has 2 atom stereocenters. The van der Waals surface area contributed by atoms with Crippen LogP contribution in [0.2, 0.25) is 0 Å². The van der Waals surface area contributed by atoms with Crippen LogP contribution in [0.1, 0.15) is 35.3 Å². The van der Waals surface area contributed by atoms with Crippen LogP contribution in [0.25, 0.3) is 0 Å². The van der Waals surface area contributed by atoms with Gasteiger partial charge >= 0.3 is 0 Å². The second-order valence-electron chi connectivity index (χ2n) is 5.52. The highest BCUT2D eigenvalue weighted by molar-refractivity contribution is 9.10. The van der Waals surface area contributed by atoms with Crippen LogP contribution in [0.5, 0.6) is 11.5 Å². The Morgan fingerprint density at radius 1 is 1.20 bits per heavy atom. The van der Waals surface area contributed by atoms with Crippen LogP contribution in [0.15, 0.2) is 4.47 Å². The Hall–Kier alpha value is -1.07. The number of carbonyl (C=O) groups excluding carboxylic acids is 1. The lowest BCUT2D eigenvalue weighted by Crippen LogP contribution is -2.21. The van der Waals surface area contributed by atoms with Crippen LogP contribution in [0.4, 0.5) is 0 Å². The summed E-state index contributed by atoms with van der Waals surface area (Å²) in [6.45, 7) is 4.35. The van der Waals surface area contributed by atoms with Crippen LogP contribution >= 0.6 is 15.9 Å². The third kappa shape index (κ3) is 2.04. The molecule has 2 aliphatic rings. The average Bonchev–Trinajstić information content (AvgIpc) is 2.93. The molecule has 0 bridgehead atoms. The van der Waals surface area contributed by atoms with Gasteiger partial charge in [0.15, 0.2) is 5.78 Å². The fourth-order valence-electron chi connectivity index (χ4n) is 3.01. The van der Waals surface area contributed by atoms with Crippen molar-refractivity contribution in [3.63, 3.8) is 0 Å². The largest absolute Gasteiger partial charge is 0.489 e. The summed E-state index contributed by atoms with van der Waals surface area (Å²) in [4.78, 5) is 12.5. The van der Waals surface area contributed by atoms with Gasteiger partial charge in [0.1, 0.15) is 23.7 Å². The summed E-state index contributed by atoms with van der Waals surface area (Å²) < 4.78 is 12.8. The molecule has 0 amide bonds. The molecule has 1 aromatic carbocycles. The minimum absolute atomic E-state index is 0.0688. The number of nitrogens with one attached hydrogen (secondary N) is 1. The zero-order chi connectivity index (χ0) is 14.4. The summed E-state index contributed by atoms with van der Waals surface area (Å²) in [5, 5.41) is 2.93. The molecular formula is C15H18BrNO3. The Labute approximate surface area is 127 Å². The first-order chi connectivity index (χ1) is 9.52. The monoisotopic (exact) mass is 339 g/mol. The number of fused-ring (bicyclic) bond motifs is 2. The number of hydrogen-bond acceptors (Lipinski definition) is 4. The van der Waals surface area contributed by atoms with Crippen molar-refractivity contribution in [1.82, 2.24) is 5.32 Å². The summed E-state index contributed by atoms with van der Waals surface area (Å²) >= 11 is 3.63. The zero-order valence-corrected chi connectivity index (χ0v) is 13.5. The second kappa shape index (κ2) is 5.04. The minimum Gasteiger partial charge on any atom is -0.489 e. The molecule has 5 heteroatoms. The number of rotatable bonds is 3. The highest BCUT2D eigenvalue weighted by Gasteiger charge is 2.36. The van der Waals surface area contributed by atoms with Crippen molar-refractivity contribution in [1.29, 1.82) is 0 Å². The molecule has 0 aromatic heterocycles. The van der Waals surface area contributed by atoms with E-state index in [9.17, 15) is 4.79 Å². The van der Waals surface area contributed by atoms with Crippen molar-refractivity contribution in [3.05, 3.63) is 21.2 Å². The van der Waals surface area contributed by atoms with Gasteiger partial charge in [-0.2, -0.15) is 0 Å². The van der Waals surface area contributed by atoms with Gasteiger partial charge in [-0.25, -0.2) is 0 Å². The standard InChI is InChI=1S/C15H18BrNO3/c1-7-4-9-12(11(18)6-17-3)14-10(5-8(2)19-14)13(16)15(9)20-7/h7-8,17H,4-6H2,1-3H3. The molecule has 0 radical (unpaired) electrons. The molecule has 0 saturated heterocycles. The van der Waals surface area contributed by atoms with E-state index >= 15 is 0 Å². The van der Waals surface area contributed by atoms with E-state index in [0.29, 0.717) is 12.1 Å². The van der Waals surface area contributed by atoms with Crippen LogP contribution in [0, 0.1) is 0 Å². The number of ketones is 1. The quantitative estimate of drug-likeness (QED) is 0.859. The number of hydrogen-bond donors (Lipinski definition) is 1. The lowest BCUT2D eigenvalue weighted by molar-refractivity contribution is 0.0988. The summed E-state index contributed by atoms with van der Waals surface area (Å²) in [5.41, 5.74) is 2.75. The van der Waals surface area contributed by atoms with Crippen LogP contribution in [-0.2, 0) is 12.8 Å². The molecule has 108 valence electrons. The minimum atomic E-state index is 0.0688. The molecule has 0 saturated carbocycles. The molecule has 1 aromatic rings. The predicted molar refractivity (Wildman–Crippen MR) is 80.0 cm³/mol. The first-order valence-electron chi connectivity index (χ1n) is 6.91. The molecule has 1 N–H and O–H groups in total. The van der Waals surface area contributed by atoms with Gasteiger partial charge in [0.05, 0.1) is 16.6 Å². The van der Waals surface area contributed by atoms with Crippen molar-refractivity contribution < 1.29 is 14.3 Å². The van der Waals surface area contributed by atoms with Crippen molar-refractivity contribution in [2.24, 2.45) is 0 Å². The Balaban J connectivity index is 2.20. The number of Topliss-reactive ketones (excluding diaryl/α,β-unsaturated/α-hetero) is 1. The normalized spacial score (nSPS) is 23.0. The summed E-state index contributed by atoms with van der Waals surface area (Å²) in [6, 6.07) is 0. The van der Waals surface area contributed by atoms with E-state index in [4.69, 9.17) is 9.47 Å². The predicted octanol–water partition coefficient (Wildman–Crippen LogP) is 2.50. The van der Waals surface area contributed by atoms with Gasteiger partial charge in [-0.05, 0) is 36.8 Å². The first kappa shape index (κ1) is 13.9. The van der Waals surface area contributed by atoms with Crippen molar-refractivity contribution in [2.45, 2.75) is 38.9 Å². The van der Waals surface area contributed by atoms with Gasteiger partial charge < -0.3 is 14.8 Å². The van der Waals surface area contributed by atoms with Crippen LogP contribution < -0.4 is 14.8 Å². The first-order valence-corrected chi connectivity index (χ1v) is 7.70. The molecular weight excluding hydrogens is 322 g/mol. The van der Waals surface area contributed by atoms with Gasteiger partial charge in [0, 0.05) is 24.0 Å². The van der Waals surface area contributed by atoms with E-state index in [1.54, 1.807) is 7.05 Å². The third-order valence-electron chi connectivity index (χ3n) is 3.78. The van der Waals surface area contributed by atoms with E-state index < -0.39 is 0 Å². The van der Waals surface area contributed by atoms with E-state index in [1.165, 1.54) is 0 Å². The molecule has 4 nitrogen and oxygen atoms in total. The van der Waals surface area contributed by atoms with E-state index in [2.05, 4.69) is 21.2 Å². The van der Waals surface area contributed by atoms with E-state index in [-0.39, 0.29) is 18.0 Å². The lowest BCUT2D eigenvalue weighted by Gasteiger charge is -2.14. The third-order valence-corrected chi connectivity index (χ3v) is 4.62. The summed E-state index contributed by atoms with van der Waals surface area (Å²) in [7, 11) is 1.78. The van der Waals surface area contributed by atoms with Crippen molar-refractivity contribution in [3.8, 4) is 11.5 Å². The number of benzene rings is 1. The van der Waals surface area contributed by atoms with E-state index in [1.807, 2.05) is 13.8 Å². The van der Waals surface area contributed by atoms with Crippen molar-refractivity contribution >= 4 is 21.7 Å². The molecule has 2 aliphatic heterocycles. The van der Waals surface area contributed by atoms with Crippen molar-refractivity contribution in [2.75, 3.05) is 13.6 Å². The lowest BCUT2D eigenvalue weighted by atomic mass is 9.95. The number of likely N-dealkylation sites (N-methyl/N-ethyl adjacent to an activating group) is 1. The summed E-state index contributed by atoms with van der Waals surface area (Å²) in [6.07, 6.45) is 1.76.